The second kappa shape index (κ2) is 9.24. The third-order valence-electron chi connectivity index (χ3n) is 6.90. The predicted molar refractivity (Wildman–Crippen MR) is 115 cm³/mol. The summed E-state index contributed by atoms with van der Waals surface area (Å²) < 4.78 is 32.8. The zero-order valence-electron chi connectivity index (χ0n) is 17.8. The highest BCUT2D eigenvalue weighted by Crippen LogP contribution is 2.28. The summed E-state index contributed by atoms with van der Waals surface area (Å²) >= 11 is 0. The van der Waals surface area contributed by atoms with Crippen LogP contribution in [0.5, 0.6) is 5.75 Å². The lowest BCUT2D eigenvalue weighted by molar-refractivity contribution is -0.138. The highest BCUT2D eigenvalue weighted by atomic mass is 32.2. The van der Waals surface area contributed by atoms with Crippen LogP contribution in [-0.4, -0.2) is 80.9 Å². The molecule has 2 saturated heterocycles. The molecule has 1 aromatic carbocycles. The van der Waals surface area contributed by atoms with Crippen LogP contribution in [0.15, 0.2) is 29.2 Å². The van der Waals surface area contributed by atoms with E-state index in [1.807, 2.05) is 4.90 Å². The van der Waals surface area contributed by atoms with Crippen molar-refractivity contribution in [1.82, 2.24) is 14.1 Å². The van der Waals surface area contributed by atoms with E-state index in [2.05, 4.69) is 4.90 Å². The molecule has 0 bridgehead atoms. The zero-order valence-corrected chi connectivity index (χ0v) is 18.6. The maximum Gasteiger partial charge on any atom is 0.243 e. The van der Waals surface area contributed by atoms with E-state index in [0.717, 1.165) is 32.6 Å². The molecule has 1 atom stereocenters. The minimum Gasteiger partial charge on any atom is -0.497 e. The Kier molecular flexibility index (Phi) is 6.65. The quantitative estimate of drug-likeness (QED) is 0.709. The number of amides is 1. The van der Waals surface area contributed by atoms with Crippen molar-refractivity contribution in [3.8, 4) is 5.75 Å². The summed E-state index contributed by atoms with van der Waals surface area (Å²) in [5, 5.41) is 0. The van der Waals surface area contributed by atoms with Crippen LogP contribution in [0, 0.1) is 5.92 Å². The molecule has 4 rings (SSSR count). The molecule has 2 aliphatic heterocycles. The summed E-state index contributed by atoms with van der Waals surface area (Å²) in [4.78, 5) is 17.9. The van der Waals surface area contributed by atoms with E-state index in [1.165, 1.54) is 30.0 Å². The second-order valence-corrected chi connectivity index (χ2v) is 10.6. The van der Waals surface area contributed by atoms with Gasteiger partial charge in [-0.25, -0.2) is 8.42 Å². The van der Waals surface area contributed by atoms with E-state index in [0.29, 0.717) is 24.8 Å². The smallest absolute Gasteiger partial charge is 0.243 e. The number of nitrogens with zero attached hydrogens (tertiary/aromatic N) is 3. The summed E-state index contributed by atoms with van der Waals surface area (Å²) in [5.74, 6) is 0.498. The van der Waals surface area contributed by atoms with Gasteiger partial charge in [0.15, 0.2) is 0 Å². The number of ether oxygens (including phenoxy) is 1. The molecule has 0 aromatic heterocycles. The molecule has 1 amide bonds. The van der Waals surface area contributed by atoms with Gasteiger partial charge in [0.05, 0.1) is 17.9 Å². The number of carbonyl (C=O) groups excluding carboxylic acids is 1. The van der Waals surface area contributed by atoms with Crippen LogP contribution < -0.4 is 4.74 Å². The Morgan fingerprint density at radius 3 is 2.23 bits per heavy atom. The van der Waals surface area contributed by atoms with Gasteiger partial charge in [0, 0.05) is 45.3 Å². The Balaban J connectivity index is 1.36. The van der Waals surface area contributed by atoms with Crippen LogP contribution in [0.4, 0.5) is 0 Å². The third kappa shape index (κ3) is 4.50. The maximum atomic E-state index is 13.1. The van der Waals surface area contributed by atoms with Gasteiger partial charge in [0.25, 0.3) is 0 Å². The summed E-state index contributed by atoms with van der Waals surface area (Å²) in [6.07, 6.45) is 6.70. The largest absolute Gasteiger partial charge is 0.497 e. The van der Waals surface area contributed by atoms with E-state index in [1.54, 1.807) is 31.4 Å². The van der Waals surface area contributed by atoms with Gasteiger partial charge in [-0.15, -0.1) is 0 Å². The molecular weight excluding hydrogens is 402 g/mol. The minimum atomic E-state index is -3.61. The molecule has 1 saturated carbocycles. The Hall–Kier alpha value is -1.64. The fourth-order valence-electron chi connectivity index (χ4n) is 5.09. The number of rotatable bonds is 5. The molecule has 3 fully saturated rings. The van der Waals surface area contributed by atoms with Gasteiger partial charge in [-0.3, -0.25) is 9.69 Å². The van der Waals surface area contributed by atoms with Crippen molar-refractivity contribution in [2.24, 2.45) is 5.92 Å². The van der Waals surface area contributed by atoms with Gasteiger partial charge >= 0.3 is 0 Å². The number of piperidine rings is 1. The van der Waals surface area contributed by atoms with Crippen molar-refractivity contribution < 1.29 is 17.9 Å². The van der Waals surface area contributed by atoms with E-state index in [-0.39, 0.29) is 23.3 Å². The fraction of sp³-hybridized carbons (Fsp3) is 0.682. The molecular formula is C22H33N3O4S. The number of hydrogen-bond donors (Lipinski definition) is 0. The van der Waals surface area contributed by atoms with Crippen LogP contribution in [0.1, 0.15) is 38.5 Å². The van der Waals surface area contributed by atoms with Crippen molar-refractivity contribution in [2.75, 3.05) is 46.4 Å². The molecule has 3 aliphatic rings. The second-order valence-electron chi connectivity index (χ2n) is 8.68. The van der Waals surface area contributed by atoms with Gasteiger partial charge in [-0.2, -0.15) is 4.31 Å². The summed E-state index contributed by atoms with van der Waals surface area (Å²) in [5.41, 5.74) is 0. The maximum absolute atomic E-state index is 13.1. The van der Waals surface area contributed by atoms with Crippen molar-refractivity contribution in [2.45, 2.75) is 49.5 Å². The summed E-state index contributed by atoms with van der Waals surface area (Å²) in [6.45, 7) is 4.14. The number of benzene rings is 1. The molecule has 0 N–H and O–H groups in total. The van der Waals surface area contributed by atoms with E-state index in [4.69, 9.17) is 4.74 Å². The van der Waals surface area contributed by atoms with E-state index < -0.39 is 10.0 Å². The van der Waals surface area contributed by atoms with Crippen LogP contribution in [0.2, 0.25) is 0 Å². The van der Waals surface area contributed by atoms with Crippen LogP contribution in [-0.2, 0) is 14.8 Å². The molecule has 166 valence electrons. The van der Waals surface area contributed by atoms with Crippen molar-refractivity contribution in [1.29, 1.82) is 0 Å². The first-order valence-corrected chi connectivity index (χ1v) is 12.6. The Bertz CT molecular complexity index is 828. The third-order valence-corrected chi connectivity index (χ3v) is 8.78. The average molecular weight is 436 g/mol. The molecule has 7 nitrogen and oxygen atoms in total. The van der Waals surface area contributed by atoms with Crippen molar-refractivity contribution in [3.05, 3.63) is 24.3 Å². The number of piperazine rings is 1. The van der Waals surface area contributed by atoms with Crippen LogP contribution >= 0.6 is 0 Å². The van der Waals surface area contributed by atoms with Crippen LogP contribution in [0.3, 0.4) is 0 Å². The molecule has 30 heavy (non-hydrogen) atoms. The lowest BCUT2D eigenvalue weighted by Gasteiger charge is -2.40. The van der Waals surface area contributed by atoms with Gasteiger partial charge in [-0.1, -0.05) is 12.8 Å². The van der Waals surface area contributed by atoms with Crippen LogP contribution in [0.25, 0.3) is 0 Å². The summed E-state index contributed by atoms with van der Waals surface area (Å²) in [7, 11) is -2.05. The topological polar surface area (TPSA) is 70.2 Å². The lowest BCUT2D eigenvalue weighted by Crippen LogP contribution is -2.54. The Labute approximate surface area is 180 Å². The standard InChI is InChI=1S/C22H33N3O4S/c1-29-20-8-10-21(11-9-20)30(27,28)25-12-4-5-18(17-25)22(26)24-15-13-23(14-16-24)19-6-2-3-7-19/h8-11,18-19H,2-7,12-17H2,1H3. The number of carbonyl (C=O) groups is 1. The van der Waals surface area contributed by atoms with E-state index in [9.17, 15) is 13.2 Å². The highest BCUT2D eigenvalue weighted by Gasteiger charge is 2.36. The lowest BCUT2D eigenvalue weighted by atomic mass is 9.97. The first-order chi connectivity index (χ1) is 14.5. The van der Waals surface area contributed by atoms with Crippen molar-refractivity contribution >= 4 is 15.9 Å². The van der Waals surface area contributed by atoms with Gasteiger partial charge < -0.3 is 9.64 Å². The van der Waals surface area contributed by atoms with Gasteiger partial charge in [0.2, 0.25) is 15.9 Å². The van der Waals surface area contributed by atoms with Gasteiger partial charge in [0.1, 0.15) is 5.75 Å². The number of methoxy groups -OCH3 is 1. The normalized spacial score (nSPS) is 24.8. The molecule has 1 aromatic rings. The minimum absolute atomic E-state index is 0.121. The first kappa shape index (κ1) is 21.6. The molecule has 2 heterocycles. The molecule has 1 unspecified atom stereocenters. The number of sulfonamides is 1. The van der Waals surface area contributed by atoms with Gasteiger partial charge in [-0.05, 0) is 49.9 Å². The highest BCUT2D eigenvalue weighted by molar-refractivity contribution is 7.89. The zero-order chi connectivity index (χ0) is 21.1. The molecule has 8 heteroatoms. The Morgan fingerprint density at radius 1 is 0.933 bits per heavy atom. The first-order valence-electron chi connectivity index (χ1n) is 11.2. The molecule has 1 aliphatic carbocycles. The SMILES string of the molecule is COc1ccc(S(=O)(=O)N2CCCC(C(=O)N3CCN(C4CCCC4)CC3)C2)cc1. The average Bonchev–Trinajstić information content (AvgIpc) is 3.34. The van der Waals surface area contributed by atoms with E-state index >= 15 is 0 Å². The summed E-state index contributed by atoms with van der Waals surface area (Å²) in [6, 6.07) is 7.15. The van der Waals surface area contributed by atoms with Crippen molar-refractivity contribution in [3.63, 3.8) is 0 Å². The molecule has 0 radical (unpaired) electrons. The number of hydrogen-bond acceptors (Lipinski definition) is 5. The Morgan fingerprint density at radius 2 is 1.60 bits per heavy atom. The monoisotopic (exact) mass is 435 g/mol. The molecule has 0 spiro atoms. The fourth-order valence-corrected chi connectivity index (χ4v) is 6.62. The predicted octanol–water partition coefficient (Wildman–Crippen LogP) is 2.18.